The molecule has 9 aliphatic rings. The summed E-state index contributed by atoms with van der Waals surface area (Å²) in [6.45, 7) is 24.6. The average molecular weight is 1950 g/mol. The normalized spacial score (nSPS) is 17.3. The van der Waals surface area contributed by atoms with Crippen LogP contribution in [0.1, 0.15) is 150 Å². The molecule has 692 valence electrons. The second-order valence-electron chi connectivity index (χ2n) is 40.3. The molecule has 3 aliphatic carbocycles. The predicted octanol–water partition coefficient (Wildman–Crippen LogP) is 27.4. The van der Waals surface area contributed by atoms with Crippen LogP contribution in [0.15, 0.2) is 369 Å². The van der Waals surface area contributed by atoms with Crippen LogP contribution >= 0.6 is 39.1 Å². The number of ether oxygens (including phenoxy) is 3. The molecule has 3 saturated heterocycles. The molecule has 9 heterocycles. The maximum atomic E-state index is 9.04. The third-order valence-corrected chi connectivity index (χ3v) is 31.8. The summed E-state index contributed by atoms with van der Waals surface area (Å²) >= 11 is 16.8. The van der Waals surface area contributed by atoms with Crippen LogP contribution in [0.25, 0.3) is 88.3 Å². The van der Waals surface area contributed by atoms with Gasteiger partial charge in [-0.1, -0.05) is 282 Å². The third kappa shape index (κ3) is 14.7. The van der Waals surface area contributed by atoms with Gasteiger partial charge >= 0.3 is 28.3 Å². The first kappa shape index (κ1) is 91.7. The topological polar surface area (TPSA) is 162 Å². The third-order valence-electron chi connectivity index (χ3n) is 30.8. The Balaban J connectivity index is 0.000000104. The summed E-state index contributed by atoms with van der Waals surface area (Å²) in [5.74, 6) is 5.12. The van der Waals surface area contributed by atoms with Gasteiger partial charge in [0.1, 0.15) is 34.5 Å². The number of rotatable bonds is 5. The fraction of sp³-hybridized carbons (Fsp3) is 0.175. The van der Waals surface area contributed by atoms with Gasteiger partial charge in [-0.2, -0.15) is 0 Å². The first-order valence-electron chi connectivity index (χ1n) is 47.8. The summed E-state index contributed by atoms with van der Waals surface area (Å²) in [6.07, 6.45) is 5.36. The summed E-state index contributed by atoms with van der Waals surface area (Å²) in [7, 11) is -2.90. The van der Waals surface area contributed by atoms with E-state index in [1.807, 2.05) is 135 Å². The molecule has 0 radical (unpaired) electrons. The standard InChI is InChI=1S/C40H32BNO3.C34H20ClNO.C25H14BrClO.C12H24B2O4.C9H8BNO2/c1-38(2)39(3,4)45-41(44-38)27-19-21-36-34(24-27)40(31-16-7-5-13-29(31)30-14-6-8-17-32(30)40)33-23-26(18-20-35(33)43-36)28-15-9-11-25-12-10-22-42-37(25)28;35-23-15-17-32-30(20-23)34(27-12-3-1-9-25(27)26-10-2-4-13-28(26)34)29-19-22(14-16-31(29)37-32)24-11-5-7-21-8-6-18-36-33(21)24;26-15-9-11-23-21(13-15)25(22-14-16(27)10-12-24(22)28-23)19-7-3-1-5-17(19)18-6-2-4-8-20(18)25;1-9(2)10(3,4)16-13(15-9)14-17-11(5,6)12(7,8)18-14;12-10(13)8-5-1-3-7-4-2-6-11-9(7)8/h5-24H,1-4H3;1-20H;1-14H;1-8H3;1-6,12-13H. The van der Waals surface area contributed by atoms with Gasteiger partial charge in [0.05, 0.1) is 66.4 Å². The Morgan fingerprint density at radius 2 is 0.539 bits per heavy atom. The number of hydrogen-bond donors (Lipinski definition) is 2. The Labute approximate surface area is 840 Å². The molecular weight excluding hydrogens is 1850 g/mol. The lowest BCUT2D eigenvalue weighted by atomic mass is 9.49. The number of para-hydroxylation sites is 3. The lowest BCUT2D eigenvalue weighted by molar-refractivity contribution is 0.00578. The Morgan fingerprint density at radius 3 is 0.901 bits per heavy atom. The first-order chi connectivity index (χ1) is 67.9. The SMILES string of the molecule is CC1(C)OB(B2OC(C)(C)C(C)(C)O2)OC1(C)C.CC1(C)OB(c2ccc3c(c2)C2(c4cc(-c5cccc6cccnc56)ccc4O3)c3ccccc3-c3ccccc32)OC1(C)C.Clc1ccc2c(c1)C1(c3cc(-c4cccc5cccnc45)ccc3O2)c2ccccc2-c2ccccc21.Clc1ccc2c(c1)C1(c3cc(Br)ccc3O2)c2ccccc2-c2ccccc21.OB(O)c1cccc2cccnc12. The van der Waals surface area contributed by atoms with Crippen LogP contribution in [0.2, 0.25) is 10.0 Å². The van der Waals surface area contributed by atoms with Crippen molar-refractivity contribution in [1.82, 2.24) is 15.0 Å². The van der Waals surface area contributed by atoms with Crippen molar-refractivity contribution >= 4 is 111 Å². The minimum atomic E-state index is -1.46. The van der Waals surface area contributed by atoms with E-state index in [-0.39, 0.29) is 22.4 Å². The molecule has 2 N–H and O–H groups in total. The molecule has 3 spiro atoms. The van der Waals surface area contributed by atoms with Crippen molar-refractivity contribution in [3.05, 3.63) is 446 Å². The monoisotopic (exact) mass is 1950 g/mol. The van der Waals surface area contributed by atoms with Crippen LogP contribution < -0.4 is 25.1 Å². The van der Waals surface area contributed by atoms with Gasteiger partial charge in [0.25, 0.3) is 0 Å². The maximum absolute atomic E-state index is 9.04. The van der Waals surface area contributed by atoms with Crippen LogP contribution in [0.4, 0.5) is 0 Å². The smallest absolute Gasteiger partial charge is 0.457 e. The van der Waals surface area contributed by atoms with Crippen molar-refractivity contribution in [2.24, 2.45) is 0 Å². The van der Waals surface area contributed by atoms with Crippen molar-refractivity contribution in [3.8, 4) is 90.1 Å². The summed E-state index contributed by atoms with van der Waals surface area (Å²) in [5.41, 5.74) is 26.2. The summed E-state index contributed by atoms with van der Waals surface area (Å²) in [6, 6.07) is 120. The number of benzene rings is 15. The molecule has 0 atom stereocenters. The molecule has 0 amide bonds. The molecule has 3 fully saturated rings. The van der Waals surface area contributed by atoms with E-state index in [1.165, 1.54) is 66.8 Å². The van der Waals surface area contributed by atoms with E-state index in [0.717, 1.165) is 127 Å². The number of halogens is 3. The Kier molecular flexibility index (Phi) is 22.4. The highest BCUT2D eigenvalue weighted by Crippen LogP contribution is 2.67. The highest BCUT2D eigenvalue weighted by molar-refractivity contribution is 9.10. The molecule has 0 bridgehead atoms. The van der Waals surface area contributed by atoms with Crippen molar-refractivity contribution in [2.75, 3.05) is 0 Å². The number of pyridine rings is 3. The lowest BCUT2D eigenvalue weighted by Crippen LogP contribution is -2.41. The summed E-state index contributed by atoms with van der Waals surface area (Å²) < 4.78 is 57.6. The zero-order valence-electron chi connectivity index (χ0n) is 80.0. The first-order valence-corrected chi connectivity index (χ1v) is 49.3. The Bertz CT molecular complexity index is 7840. The maximum Gasteiger partial charge on any atom is 0.494 e. The van der Waals surface area contributed by atoms with E-state index in [0.29, 0.717) is 21.0 Å². The van der Waals surface area contributed by atoms with Crippen LogP contribution in [0.3, 0.4) is 0 Å². The number of nitrogens with zero attached hydrogens (tertiary/aromatic N) is 3. The van der Waals surface area contributed by atoms with E-state index >= 15 is 0 Å². The molecule has 14 nitrogen and oxygen atoms in total. The summed E-state index contributed by atoms with van der Waals surface area (Å²) in [5, 5.41) is 22.6. The zero-order chi connectivity index (χ0) is 97.2. The van der Waals surface area contributed by atoms with Crippen molar-refractivity contribution < 1.29 is 52.2 Å². The largest absolute Gasteiger partial charge is 0.494 e. The van der Waals surface area contributed by atoms with E-state index < -0.39 is 55.7 Å². The summed E-state index contributed by atoms with van der Waals surface area (Å²) in [4.78, 5) is 13.6. The highest BCUT2D eigenvalue weighted by Gasteiger charge is 2.65. The Morgan fingerprint density at radius 1 is 0.262 bits per heavy atom. The van der Waals surface area contributed by atoms with Gasteiger partial charge in [0.15, 0.2) is 0 Å². The van der Waals surface area contributed by atoms with Crippen molar-refractivity contribution in [1.29, 1.82) is 0 Å². The van der Waals surface area contributed by atoms with Crippen LogP contribution in [0, 0.1) is 0 Å². The van der Waals surface area contributed by atoms with E-state index in [1.54, 1.807) is 18.3 Å². The average Bonchev–Trinajstić information content (AvgIpc) is 1.53. The molecule has 3 aromatic heterocycles. The van der Waals surface area contributed by atoms with Crippen molar-refractivity contribution in [2.45, 2.75) is 133 Å². The fourth-order valence-electron chi connectivity index (χ4n) is 22.1. The van der Waals surface area contributed by atoms with Crippen molar-refractivity contribution in [3.63, 3.8) is 0 Å². The van der Waals surface area contributed by atoms with Gasteiger partial charge in [-0.15, -0.1) is 0 Å². The van der Waals surface area contributed by atoms with Crippen LogP contribution in [-0.4, -0.2) is 86.9 Å². The second kappa shape index (κ2) is 34.4. The molecule has 21 heteroatoms. The zero-order valence-corrected chi connectivity index (χ0v) is 83.1. The highest BCUT2D eigenvalue weighted by atomic mass is 79.9. The van der Waals surface area contributed by atoms with E-state index in [2.05, 4.69) is 316 Å². The molecule has 27 rings (SSSR count). The molecule has 0 saturated carbocycles. The fourth-order valence-corrected chi connectivity index (χ4v) is 22.8. The van der Waals surface area contributed by atoms with Gasteiger partial charge in [-0.05, 0) is 275 Å². The molecule has 0 unspecified atom stereocenters. The van der Waals surface area contributed by atoms with Gasteiger partial charge < -0.3 is 52.2 Å². The molecule has 141 heavy (non-hydrogen) atoms. The van der Waals surface area contributed by atoms with Crippen LogP contribution in [-0.2, 0) is 44.2 Å². The Hall–Kier alpha value is -13.1. The van der Waals surface area contributed by atoms with Crippen LogP contribution in [0.5, 0.6) is 34.5 Å². The lowest BCUT2D eigenvalue weighted by Gasteiger charge is -2.40. The number of fused-ring (bicyclic) bond motifs is 30. The van der Waals surface area contributed by atoms with E-state index in [4.69, 9.17) is 85.4 Å². The molecular formula is C120H98B4BrCl2N3O11. The van der Waals surface area contributed by atoms with Gasteiger partial charge in [0, 0.05) is 93.9 Å². The quantitative estimate of drug-likeness (QED) is 0.157. The van der Waals surface area contributed by atoms with Gasteiger partial charge in [0.2, 0.25) is 0 Å². The van der Waals surface area contributed by atoms with Gasteiger partial charge in [-0.25, -0.2) is 0 Å². The minimum absolute atomic E-state index is 0.360. The number of aromatic nitrogens is 3. The molecule has 15 aromatic carbocycles. The van der Waals surface area contributed by atoms with Gasteiger partial charge in [-0.3, -0.25) is 15.0 Å². The molecule has 6 aliphatic heterocycles. The minimum Gasteiger partial charge on any atom is -0.457 e. The molecule has 18 aromatic rings. The van der Waals surface area contributed by atoms with E-state index in [9.17, 15) is 0 Å². The number of hydrogen-bond acceptors (Lipinski definition) is 14. The predicted molar refractivity (Wildman–Crippen MR) is 570 cm³/mol. The second-order valence-corrected chi connectivity index (χ2v) is 42.1.